The molecule has 0 amide bonds. The molecule has 0 aromatic heterocycles. The molecular weight excluding hydrogens is 494 g/mol. The zero-order valence-corrected chi connectivity index (χ0v) is 23.9. The summed E-state index contributed by atoms with van der Waals surface area (Å²) in [5.41, 5.74) is 3.16. The number of aliphatic hydroxyl groups is 2. The maximum atomic E-state index is 10.3. The van der Waals surface area contributed by atoms with Crippen LogP contribution in [-0.4, -0.2) is 73.1 Å². The van der Waals surface area contributed by atoms with Gasteiger partial charge in [-0.1, -0.05) is 38.4 Å². The minimum atomic E-state index is -0.398. The summed E-state index contributed by atoms with van der Waals surface area (Å²) in [6.07, 6.45) is 11.7. The molecule has 0 bridgehead atoms. The molecule has 0 spiro atoms. The predicted octanol–water partition coefficient (Wildman–Crippen LogP) is 3.87. The van der Waals surface area contributed by atoms with Crippen molar-refractivity contribution in [2.75, 3.05) is 33.4 Å². The molecule has 2 aliphatic rings. The van der Waals surface area contributed by atoms with Gasteiger partial charge in [0.25, 0.3) is 0 Å². The van der Waals surface area contributed by atoms with E-state index in [4.69, 9.17) is 9.47 Å². The molecule has 5 N–H and O–H groups in total. The largest absolute Gasteiger partial charge is 0.504 e. The first-order valence-corrected chi connectivity index (χ1v) is 14.3. The lowest BCUT2D eigenvalue weighted by Gasteiger charge is -2.24. The van der Waals surface area contributed by atoms with Crippen LogP contribution >= 0.6 is 0 Å². The van der Waals surface area contributed by atoms with Gasteiger partial charge in [-0.3, -0.25) is 0 Å². The van der Waals surface area contributed by atoms with Crippen LogP contribution in [-0.2, 0) is 11.2 Å². The highest BCUT2D eigenvalue weighted by Gasteiger charge is 2.30. The number of phenolic OH excluding ortho intramolecular Hbond substituents is 1. The number of hydrogen-bond acceptors (Lipinski definition) is 8. The predicted molar refractivity (Wildman–Crippen MR) is 156 cm³/mol. The van der Waals surface area contributed by atoms with Gasteiger partial charge in [0.05, 0.1) is 24.5 Å². The number of benzene rings is 1. The minimum absolute atomic E-state index is 0.00772. The van der Waals surface area contributed by atoms with Crippen molar-refractivity contribution >= 4 is 6.21 Å². The van der Waals surface area contributed by atoms with Gasteiger partial charge in [-0.2, -0.15) is 11.6 Å². The quantitative estimate of drug-likeness (QED) is 0.179. The zero-order valence-electron chi connectivity index (χ0n) is 23.9. The van der Waals surface area contributed by atoms with Gasteiger partial charge < -0.3 is 35.4 Å². The fraction of sp³-hybridized carbons (Fsp3) is 0.581. The lowest BCUT2D eigenvalue weighted by Crippen LogP contribution is -2.45. The highest BCUT2D eigenvalue weighted by molar-refractivity contribution is 5.83. The molecule has 0 saturated carbocycles. The summed E-state index contributed by atoms with van der Waals surface area (Å²) in [6.45, 7) is 7.87. The standard InChI is InChI=1S/C31H47N3O5/c1-5-6-7-30-25(20-35)16-27(39-30)10-8-23-9-11-29(37)31(14-23)38-13-12-26-15-24(18-33-26)22(3)28(19-32-4)34-17-21(2)36/h9,11,14-16,18,21-22,28,30,32,34-37H,5-8,10,12-13,17,19-20H2,1-4H3. The van der Waals surface area contributed by atoms with E-state index in [0.29, 0.717) is 25.3 Å². The molecule has 0 saturated heterocycles. The van der Waals surface area contributed by atoms with E-state index in [9.17, 15) is 15.3 Å². The Balaban J connectivity index is 1.48. The van der Waals surface area contributed by atoms with E-state index in [1.807, 2.05) is 31.5 Å². The van der Waals surface area contributed by atoms with Gasteiger partial charge in [-0.25, -0.2) is 0 Å². The number of hydrogen-bond donors (Lipinski definition) is 5. The van der Waals surface area contributed by atoms with Crippen LogP contribution in [0.25, 0.3) is 0 Å². The Bertz CT molecular complexity index is 977. The summed E-state index contributed by atoms with van der Waals surface area (Å²) in [4.78, 5) is 4.58. The number of phenols is 1. The van der Waals surface area contributed by atoms with Gasteiger partial charge in [-0.05, 0) is 51.4 Å². The van der Waals surface area contributed by atoms with Crippen LogP contribution in [0.2, 0.25) is 0 Å². The fourth-order valence-corrected chi connectivity index (χ4v) is 4.88. The van der Waals surface area contributed by atoms with Crippen LogP contribution in [0, 0.1) is 18.1 Å². The van der Waals surface area contributed by atoms with Crippen LogP contribution in [0.15, 0.2) is 46.5 Å². The Kier molecular flexibility index (Phi) is 12.7. The SMILES string of the molecule is CCCCC1O[C-](CCc2ccc(O)c(OCC[C+]3C=C(C(C)C(CNC)NCC(C)O)C=N3)c2)C=C1CO. The number of aromatic hydroxyl groups is 1. The second kappa shape index (κ2) is 15.9. The molecule has 1 aromatic rings. The van der Waals surface area contributed by atoms with Crippen LogP contribution in [0.3, 0.4) is 0 Å². The summed E-state index contributed by atoms with van der Waals surface area (Å²) in [5.74, 6) is 0.814. The van der Waals surface area contributed by atoms with E-state index in [1.165, 1.54) is 0 Å². The molecule has 0 aliphatic carbocycles. The maximum Gasteiger partial charge on any atom is 0.176 e. The van der Waals surface area contributed by atoms with E-state index in [0.717, 1.165) is 67.5 Å². The summed E-state index contributed by atoms with van der Waals surface area (Å²) in [7, 11) is 1.93. The third-order valence-corrected chi connectivity index (χ3v) is 7.30. The summed E-state index contributed by atoms with van der Waals surface area (Å²) in [6, 6.07) is 6.59. The van der Waals surface area contributed by atoms with Gasteiger partial charge >= 0.3 is 0 Å². The molecule has 2 heterocycles. The van der Waals surface area contributed by atoms with Crippen molar-refractivity contribution in [1.82, 2.24) is 10.6 Å². The third kappa shape index (κ3) is 9.58. The van der Waals surface area contributed by atoms with Crippen molar-refractivity contribution in [2.24, 2.45) is 10.9 Å². The van der Waals surface area contributed by atoms with Gasteiger partial charge in [0.1, 0.15) is 12.2 Å². The average Bonchev–Trinajstić information content (AvgIpc) is 3.56. The molecule has 4 unspecified atom stereocenters. The molecule has 2 aliphatic heterocycles. The Hall–Kier alpha value is -2.49. The number of nitrogens with zero attached hydrogens (tertiary/aromatic N) is 1. The Morgan fingerprint density at radius 3 is 2.79 bits per heavy atom. The van der Waals surface area contributed by atoms with Crippen molar-refractivity contribution in [3.8, 4) is 11.5 Å². The smallest absolute Gasteiger partial charge is 0.176 e. The number of likely N-dealkylation sites (N-methyl/N-ethyl adjacent to an activating group) is 1. The molecule has 39 heavy (non-hydrogen) atoms. The van der Waals surface area contributed by atoms with Gasteiger partial charge in [-0.15, -0.1) is 4.99 Å². The molecule has 0 radical (unpaired) electrons. The first-order chi connectivity index (χ1) is 18.8. The topological polar surface area (TPSA) is 116 Å². The van der Waals surface area contributed by atoms with E-state index < -0.39 is 6.10 Å². The maximum absolute atomic E-state index is 10.3. The Morgan fingerprint density at radius 2 is 2.08 bits per heavy atom. The van der Waals surface area contributed by atoms with Crippen molar-refractivity contribution in [3.63, 3.8) is 0 Å². The van der Waals surface area contributed by atoms with Crippen LogP contribution in [0.5, 0.6) is 11.5 Å². The Morgan fingerprint density at radius 1 is 1.26 bits per heavy atom. The van der Waals surface area contributed by atoms with Crippen molar-refractivity contribution < 1.29 is 24.8 Å². The van der Waals surface area contributed by atoms with Crippen molar-refractivity contribution in [2.45, 2.75) is 77.5 Å². The number of aliphatic imine (C=N–C) groups is 1. The third-order valence-electron chi connectivity index (χ3n) is 7.30. The second-order valence-corrected chi connectivity index (χ2v) is 10.6. The molecule has 8 nitrogen and oxygen atoms in total. The number of rotatable bonds is 18. The molecule has 216 valence electrons. The second-order valence-electron chi connectivity index (χ2n) is 10.6. The number of aryl methyl sites for hydroxylation is 1. The normalized spacial score (nSPS) is 19.3. The zero-order chi connectivity index (χ0) is 28.2. The monoisotopic (exact) mass is 541 g/mol. The molecule has 8 heteroatoms. The Labute approximate surface area is 234 Å². The molecule has 1 aromatic carbocycles. The van der Waals surface area contributed by atoms with Crippen molar-refractivity contribution in [1.29, 1.82) is 0 Å². The molecule has 4 atom stereocenters. The molecular formula is C31H47N3O5. The van der Waals surface area contributed by atoms with Gasteiger partial charge in [0, 0.05) is 31.8 Å². The lowest BCUT2D eigenvalue weighted by atomic mass is 9.92. The van der Waals surface area contributed by atoms with Crippen LogP contribution < -0.4 is 15.4 Å². The van der Waals surface area contributed by atoms with E-state index in [1.54, 1.807) is 13.0 Å². The van der Waals surface area contributed by atoms with Gasteiger partial charge in [0.2, 0.25) is 0 Å². The summed E-state index contributed by atoms with van der Waals surface area (Å²) < 4.78 is 12.0. The number of ether oxygens (including phenoxy) is 2. The number of unbranched alkanes of at least 4 members (excludes halogenated alkanes) is 1. The first kappa shape index (κ1) is 31.0. The number of aliphatic hydroxyl groups excluding tert-OH is 2. The van der Waals surface area contributed by atoms with E-state index >= 15 is 0 Å². The minimum Gasteiger partial charge on any atom is -0.504 e. The first-order valence-electron chi connectivity index (χ1n) is 14.3. The summed E-state index contributed by atoms with van der Waals surface area (Å²) >= 11 is 0. The van der Waals surface area contributed by atoms with E-state index in [2.05, 4.69) is 35.5 Å². The highest BCUT2D eigenvalue weighted by Crippen LogP contribution is 2.33. The molecule has 3 rings (SSSR count). The average molecular weight is 542 g/mol. The lowest BCUT2D eigenvalue weighted by molar-refractivity contribution is 0.103. The van der Waals surface area contributed by atoms with E-state index in [-0.39, 0.29) is 30.4 Å². The number of nitrogens with one attached hydrogen (secondary N) is 2. The highest BCUT2D eigenvalue weighted by atomic mass is 16.5. The van der Waals surface area contributed by atoms with Crippen LogP contribution in [0.1, 0.15) is 58.4 Å². The molecule has 0 fully saturated rings. The fourth-order valence-electron chi connectivity index (χ4n) is 4.88. The van der Waals surface area contributed by atoms with Gasteiger partial charge in [0.15, 0.2) is 23.8 Å². The van der Waals surface area contributed by atoms with Crippen molar-refractivity contribution in [3.05, 3.63) is 59.2 Å². The van der Waals surface area contributed by atoms with Crippen LogP contribution in [0.4, 0.5) is 0 Å². The summed E-state index contributed by atoms with van der Waals surface area (Å²) in [5, 5.41) is 36.3.